The number of nitrogens with two attached hydrogens (primary N) is 1. The molecule has 2 heterocycles. The summed E-state index contributed by atoms with van der Waals surface area (Å²) in [6, 6.07) is 16.9. The Kier molecular flexibility index (Phi) is 5.11. The van der Waals surface area contributed by atoms with Crippen LogP contribution >= 0.6 is 11.6 Å². The Morgan fingerprint density at radius 3 is 2.29 bits per heavy atom. The summed E-state index contributed by atoms with van der Waals surface area (Å²) in [7, 11) is -4.11. The van der Waals surface area contributed by atoms with Crippen LogP contribution < -0.4 is 5.73 Å². The Morgan fingerprint density at radius 2 is 1.62 bits per heavy atom. The maximum atomic E-state index is 13.6. The predicted molar refractivity (Wildman–Crippen MR) is 129 cm³/mol. The van der Waals surface area contributed by atoms with E-state index in [1.165, 1.54) is 53.4 Å². The summed E-state index contributed by atoms with van der Waals surface area (Å²) in [5.41, 5.74) is 7.99. The number of aromatic nitrogens is 3. The Labute approximate surface area is 198 Å². The number of aromatic hydroxyl groups is 2. The highest BCUT2D eigenvalue weighted by Crippen LogP contribution is 2.35. The number of hydrogen-bond acceptors (Lipinski definition) is 8. The van der Waals surface area contributed by atoms with Crippen molar-refractivity contribution in [2.24, 2.45) is 5.10 Å². The van der Waals surface area contributed by atoms with Crippen LogP contribution in [-0.4, -0.2) is 39.5 Å². The predicted octanol–water partition coefficient (Wildman–Crippen LogP) is 3.95. The maximum Gasteiger partial charge on any atom is 0.212 e. The van der Waals surface area contributed by atoms with Gasteiger partial charge in [-0.1, -0.05) is 23.7 Å². The van der Waals surface area contributed by atoms with Crippen LogP contribution in [0, 0.1) is 0 Å². The van der Waals surface area contributed by atoms with Crippen molar-refractivity contribution in [1.82, 2.24) is 14.6 Å². The molecule has 0 aliphatic rings. The molecule has 0 spiro atoms. The van der Waals surface area contributed by atoms with E-state index in [1.807, 2.05) is 0 Å². The third-order valence-corrected chi connectivity index (χ3v) is 7.23. The van der Waals surface area contributed by atoms with Crippen molar-refractivity contribution in [3.8, 4) is 11.5 Å². The molecule has 0 atom stereocenters. The fourth-order valence-electron chi connectivity index (χ4n) is 3.48. The van der Waals surface area contributed by atoms with Crippen molar-refractivity contribution in [2.75, 3.05) is 5.73 Å². The number of nitrogen functional groups attached to an aromatic ring is 1. The highest BCUT2D eigenvalue weighted by Gasteiger charge is 2.30. The molecule has 0 saturated heterocycles. The van der Waals surface area contributed by atoms with Gasteiger partial charge in [0.1, 0.15) is 16.2 Å². The van der Waals surface area contributed by atoms with Crippen LogP contribution in [0.5, 0.6) is 11.5 Å². The van der Waals surface area contributed by atoms with Crippen LogP contribution in [0.3, 0.4) is 0 Å². The molecule has 0 aliphatic heterocycles. The van der Waals surface area contributed by atoms with Crippen molar-refractivity contribution in [3.05, 3.63) is 77.3 Å². The lowest BCUT2D eigenvalue weighted by Gasteiger charge is -2.05. The van der Waals surface area contributed by atoms with E-state index < -0.39 is 9.84 Å². The van der Waals surface area contributed by atoms with Gasteiger partial charge in [-0.15, -0.1) is 0 Å². The molecule has 0 amide bonds. The van der Waals surface area contributed by atoms with Crippen molar-refractivity contribution in [3.63, 3.8) is 0 Å². The van der Waals surface area contributed by atoms with Crippen molar-refractivity contribution >= 4 is 55.7 Å². The van der Waals surface area contributed by atoms with Gasteiger partial charge in [-0.2, -0.15) is 9.78 Å². The van der Waals surface area contributed by atoms with Gasteiger partial charge in [0.2, 0.25) is 9.84 Å². The number of phenols is 2. The van der Waals surface area contributed by atoms with Gasteiger partial charge in [-0.05, 0) is 60.2 Å². The molecule has 4 N–H and O–H groups in total. The topological polar surface area (TPSA) is 144 Å². The van der Waals surface area contributed by atoms with Gasteiger partial charge < -0.3 is 15.9 Å². The second-order valence-corrected chi connectivity index (χ2v) is 9.68. The average Bonchev–Trinajstić information content (AvgIpc) is 3.09. The van der Waals surface area contributed by atoms with Gasteiger partial charge in [0.25, 0.3) is 0 Å². The van der Waals surface area contributed by atoms with E-state index >= 15 is 0 Å². The van der Waals surface area contributed by atoms with Gasteiger partial charge in [0.15, 0.2) is 17.1 Å². The third-order valence-electron chi connectivity index (χ3n) is 5.14. The Balaban J connectivity index is 1.78. The van der Waals surface area contributed by atoms with Crippen LogP contribution in [0.25, 0.3) is 22.2 Å². The molecule has 9 nitrogen and oxygen atoms in total. The molecule has 0 bridgehead atoms. The fourth-order valence-corrected chi connectivity index (χ4v) is 5.09. The van der Waals surface area contributed by atoms with Gasteiger partial charge in [-0.25, -0.2) is 18.4 Å². The Bertz CT molecular complexity index is 1710. The van der Waals surface area contributed by atoms with E-state index in [0.29, 0.717) is 21.6 Å². The van der Waals surface area contributed by atoms with Crippen molar-refractivity contribution < 1.29 is 18.6 Å². The molecule has 0 aliphatic carbocycles. The molecule has 0 fully saturated rings. The van der Waals surface area contributed by atoms with Crippen molar-refractivity contribution in [2.45, 2.75) is 9.79 Å². The monoisotopic (exact) mass is 493 g/mol. The molecule has 2 aromatic heterocycles. The summed E-state index contributed by atoms with van der Waals surface area (Å²) in [6.45, 7) is 0. The molecular weight excluding hydrogens is 478 g/mol. The minimum atomic E-state index is -4.11. The molecule has 34 heavy (non-hydrogen) atoms. The minimum Gasteiger partial charge on any atom is -0.504 e. The quantitative estimate of drug-likeness (QED) is 0.254. The zero-order valence-corrected chi connectivity index (χ0v) is 18.9. The number of halogens is 1. The van der Waals surface area contributed by atoms with Crippen LogP contribution in [0.1, 0.15) is 5.56 Å². The van der Waals surface area contributed by atoms with Gasteiger partial charge in [0.05, 0.1) is 22.1 Å². The van der Waals surface area contributed by atoms with Crippen LogP contribution in [0.15, 0.2) is 81.6 Å². The molecule has 11 heteroatoms. The van der Waals surface area contributed by atoms with Crippen LogP contribution in [0.4, 0.5) is 5.82 Å². The number of para-hydroxylation sites is 2. The first-order valence-corrected chi connectivity index (χ1v) is 11.8. The third kappa shape index (κ3) is 3.58. The van der Waals surface area contributed by atoms with Crippen LogP contribution in [0.2, 0.25) is 5.02 Å². The van der Waals surface area contributed by atoms with Crippen LogP contribution in [-0.2, 0) is 9.84 Å². The Morgan fingerprint density at radius 1 is 0.941 bits per heavy atom. The van der Waals surface area contributed by atoms with Gasteiger partial charge in [-0.3, -0.25) is 0 Å². The lowest BCUT2D eigenvalue weighted by molar-refractivity contribution is 0.403. The lowest BCUT2D eigenvalue weighted by Crippen LogP contribution is -2.06. The first-order valence-electron chi connectivity index (χ1n) is 9.89. The summed E-state index contributed by atoms with van der Waals surface area (Å²) < 4.78 is 28.3. The molecule has 0 radical (unpaired) electrons. The summed E-state index contributed by atoms with van der Waals surface area (Å²) in [4.78, 5) is 8.85. The number of hydrogen-bond donors (Lipinski definition) is 3. The summed E-state index contributed by atoms with van der Waals surface area (Å²) in [5, 5.41) is 24.0. The fraction of sp³-hybridized carbons (Fsp3) is 0. The summed E-state index contributed by atoms with van der Waals surface area (Å²) in [5.74, 6) is -0.789. The number of phenolic OH excluding ortho intramolecular Hbond substituents is 2. The minimum absolute atomic E-state index is 0.00922. The SMILES string of the molecule is Nc1c(S(=O)(=O)c2ccc(Cl)cc2)c2nc3ccccc3nc2n1/N=C/c1ccc(O)c(O)c1. The van der Waals surface area contributed by atoms with E-state index in [0.717, 1.165) is 0 Å². The van der Waals surface area contributed by atoms with E-state index in [9.17, 15) is 18.6 Å². The maximum absolute atomic E-state index is 13.6. The van der Waals surface area contributed by atoms with E-state index in [4.69, 9.17) is 17.3 Å². The zero-order valence-electron chi connectivity index (χ0n) is 17.3. The van der Waals surface area contributed by atoms with Crippen molar-refractivity contribution in [1.29, 1.82) is 0 Å². The molecule has 0 saturated carbocycles. The summed E-state index contributed by atoms with van der Waals surface area (Å²) >= 11 is 5.93. The normalized spacial score (nSPS) is 12.1. The Hall–Kier alpha value is -4.15. The second-order valence-electron chi connectivity index (χ2n) is 7.36. The van der Waals surface area contributed by atoms with E-state index in [-0.39, 0.29) is 38.3 Å². The highest BCUT2D eigenvalue weighted by atomic mass is 35.5. The molecule has 5 rings (SSSR count). The molecule has 0 unspecified atom stereocenters. The average molecular weight is 494 g/mol. The number of nitrogens with zero attached hydrogens (tertiary/aromatic N) is 4. The zero-order chi connectivity index (χ0) is 24.0. The van der Waals surface area contributed by atoms with E-state index in [1.54, 1.807) is 24.3 Å². The smallest absolute Gasteiger partial charge is 0.212 e. The highest BCUT2D eigenvalue weighted by molar-refractivity contribution is 7.92. The number of rotatable bonds is 4. The largest absolute Gasteiger partial charge is 0.504 e. The van der Waals surface area contributed by atoms with Gasteiger partial charge >= 0.3 is 0 Å². The molecule has 170 valence electrons. The molecule has 3 aromatic carbocycles. The first-order chi connectivity index (χ1) is 16.3. The first kappa shape index (κ1) is 21.7. The number of benzene rings is 3. The summed E-state index contributed by atoms with van der Waals surface area (Å²) in [6.07, 6.45) is 1.35. The second kappa shape index (κ2) is 8.01. The number of sulfone groups is 1. The number of fused-ring (bicyclic) bond motifs is 2. The van der Waals surface area contributed by atoms with Gasteiger partial charge in [0, 0.05) is 5.02 Å². The lowest BCUT2D eigenvalue weighted by atomic mass is 10.2. The van der Waals surface area contributed by atoms with E-state index in [2.05, 4.69) is 15.1 Å². The number of anilines is 1. The molecular formula is C23H16ClN5O4S. The molecule has 5 aromatic rings. The standard InChI is InChI=1S/C23H16ClN5O4S/c24-14-6-8-15(9-7-14)34(32,33)21-20-23(28-17-4-2-1-3-16(17)27-20)29(22(21)25)26-12-13-5-10-18(30)19(31)11-13/h1-12,30-31H,25H2/b26-12+.